The molecule has 0 saturated heterocycles. The van der Waals surface area contributed by atoms with Crippen molar-refractivity contribution in [1.82, 2.24) is 0 Å². The highest BCUT2D eigenvalue weighted by Crippen LogP contribution is 2.23. The second-order valence-corrected chi connectivity index (χ2v) is 4.48. The highest BCUT2D eigenvalue weighted by atomic mass is 16.6. The summed E-state index contributed by atoms with van der Waals surface area (Å²) in [5.74, 6) is -1.55. The van der Waals surface area contributed by atoms with Crippen LogP contribution in [0.1, 0.15) is 27.7 Å². The number of carbonyl (C=O) groups excluding carboxylic acids is 3. The van der Waals surface area contributed by atoms with Gasteiger partial charge in [-0.2, -0.15) is 0 Å². The van der Waals surface area contributed by atoms with Crippen molar-refractivity contribution >= 4 is 23.6 Å². The largest absolute Gasteiger partial charge is 0.465 e. The van der Waals surface area contributed by atoms with E-state index in [2.05, 4.69) is 5.16 Å². The summed E-state index contributed by atoms with van der Waals surface area (Å²) in [6.45, 7) is 4.83. The van der Waals surface area contributed by atoms with Gasteiger partial charge in [-0.25, -0.2) is 0 Å². The molecule has 0 unspecified atom stereocenters. The summed E-state index contributed by atoms with van der Waals surface area (Å²) >= 11 is 0. The summed E-state index contributed by atoms with van der Waals surface area (Å²) in [7, 11) is 1.34. The van der Waals surface area contributed by atoms with Crippen LogP contribution < -0.4 is 0 Å². The van der Waals surface area contributed by atoms with E-state index in [4.69, 9.17) is 19.0 Å². The van der Waals surface area contributed by atoms with E-state index in [1.807, 2.05) is 0 Å². The predicted octanol–water partition coefficient (Wildman–Crippen LogP) is 0.684. The summed E-state index contributed by atoms with van der Waals surface area (Å²) in [5.41, 5.74) is -0.729. The molecule has 0 heterocycles. The number of carbonyl (C=O) groups is 3. The highest BCUT2D eigenvalue weighted by molar-refractivity contribution is 5.89. The first kappa shape index (κ1) is 18.9. The van der Waals surface area contributed by atoms with Gasteiger partial charge < -0.3 is 19.0 Å². The quantitative estimate of drug-likeness (QED) is 0.281. The van der Waals surface area contributed by atoms with Gasteiger partial charge in [0.2, 0.25) is 0 Å². The summed E-state index contributed by atoms with van der Waals surface area (Å²) in [5, 5.41) is 3.77. The molecule has 0 radical (unpaired) electrons. The third-order valence-electron chi connectivity index (χ3n) is 2.65. The van der Waals surface area contributed by atoms with Crippen LogP contribution in [0.2, 0.25) is 0 Å². The van der Waals surface area contributed by atoms with Gasteiger partial charge in [-0.15, -0.1) is 0 Å². The lowest BCUT2D eigenvalue weighted by atomic mass is 9.86. The van der Waals surface area contributed by atoms with Crippen molar-refractivity contribution in [2.24, 2.45) is 10.6 Å². The maximum atomic E-state index is 11.0. The van der Waals surface area contributed by atoms with Crippen LogP contribution in [0.15, 0.2) is 5.16 Å². The van der Waals surface area contributed by atoms with Crippen molar-refractivity contribution in [3.05, 3.63) is 0 Å². The van der Waals surface area contributed by atoms with Crippen molar-refractivity contribution in [1.29, 1.82) is 0 Å². The van der Waals surface area contributed by atoms with Crippen LogP contribution in [0, 0.1) is 5.41 Å². The molecule has 0 aliphatic heterocycles. The van der Waals surface area contributed by atoms with Crippen molar-refractivity contribution in [2.75, 3.05) is 26.9 Å². The molecule has 0 fully saturated rings. The minimum atomic E-state index is -1.10. The Hall–Kier alpha value is -2.12. The molecule has 0 aliphatic carbocycles. The Morgan fingerprint density at radius 3 is 1.38 bits per heavy atom. The molecule has 0 bridgehead atoms. The smallest absolute Gasteiger partial charge is 0.302 e. The molecule has 8 nitrogen and oxygen atoms in total. The average molecular weight is 303 g/mol. The molecule has 0 aliphatic rings. The molecule has 8 heteroatoms. The van der Waals surface area contributed by atoms with Crippen molar-refractivity contribution in [3.63, 3.8) is 0 Å². The Bertz CT molecular complexity index is 371. The zero-order valence-corrected chi connectivity index (χ0v) is 12.9. The fraction of sp³-hybridized carbons (Fsp3) is 0.692. The van der Waals surface area contributed by atoms with Gasteiger partial charge in [-0.3, -0.25) is 14.4 Å². The van der Waals surface area contributed by atoms with E-state index in [0.717, 1.165) is 0 Å². The first-order valence-corrected chi connectivity index (χ1v) is 6.22. The predicted molar refractivity (Wildman–Crippen MR) is 72.5 cm³/mol. The minimum Gasteiger partial charge on any atom is -0.465 e. The monoisotopic (exact) mass is 303 g/mol. The second kappa shape index (κ2) is 8.93. The number of rotatable bonds is 8. The third kappa shape index (κ3) is 7.28. The maximum absolute atomic E-state index is 11.0. The average Bonchev–Trinajstić information content (AvgIpc) is 2.38. The number of oxime groups is 1. The van der Waals surface area contributed by atoms with Crippen molar-refractivity contribution < 1.29 is 33.4 Å². The standard InChI is InChI=1S/C13H21NO7/c1-9(14-18-5)13(6-19-10(2)15,7-20-11(3)16)8-21-12(4)17/h6-8H2,1-5H3/b14-9+. The van der Waals surface area contributed by atoms with Crippen molar-refractivity contribution in [2.45, 2.75) is 27.7 Å². The van der Waals surface area contributed by atoms with Crippen LogP contribution in [0.3, 0.4) is 0 Å². The Labute approximate surface area is 123 Å². The van der Waals surface area contributed by atoms with Crippen LogP contribution in [0.5, 0.6) is 0 Å². The summed E-state index contributed by atoms with van der Waals surface area (Å²) in [4.78, 5) is 37.8. The van der Waals surface area contributed by atoms with Crippen LogP contribution in [0.4, 0.5) is 0 Å². The molecule has 0 amide bonds. The van der Waals surface area contributed by atoms with Gasteiger partial charge >= 0.3 is 17.9 Å². The van der Waals surface area contributed by atoms with E-state index in [0.29, 0.717) is 5.71 Å². The summed E-state index contributed by atoms with van der Waals surface area (Å²) in [6.07, 6.45) is 0. The van der Waals surface area contributed by atoms with Crippen LogP contribution in [0.25, 0.3) is 0 Å². The SMILES string of the molecule is CO/N=C(\C)C(COC(C)=O)(COC(C)=O)COC(C)=O. The Kier molecular flexibility index (Phi) is 8.03. The topological polar surface area (TPSA) is 100 Å². The van der Waals surface area contributed by atoms with Gasteiger partial charge in [-0.1, -0.05) is 5.16 Å². The molecule has 0 aromatic rings. The Morgan fingerprint density at radius 1 is 0.810 bits per heavy atom. The van der Waals surface area contributed by atoms with Gasteiger partial charge in [0.25, 0.3) is 0 Å². The number of esters is 3. The fourth-order valence-corrected chi connectivity index (χ4v) is 1.39. The van der Waals surface area contributed by atoms with E-state index in [1.165, 1.54) is 27.9 Å². The van der Waals surface area contributed by atoms with Gasteiger partial charge in [0.15, 0.2) is 0 Å². The summed E-state index contributed by atoms with van der Waals surface area (Å²) in [6, 6.07) is 0. The Morgan fingerprint density at radius 2 is 1.14 bits per heavy atom. The molecule has 0 aromatic heterocycles. The molecule has 0 atom stereocenters. The highest BCUT2D eigenvalue weighted by Gasteiger charge is 2.39. The van der Waals surface area contributed by atoms with E-state index in [9.17, 15) is 14.4 Å². The first-order valence-electron chi connectivity index (χ1n) is 6.22. The Balaban J connectivity index is 5.33. The second-order valence-electron chi connectivity index (χ2n) is 4.48. The molecular weight excluding hydrogens is 282 g/mol. The van der Waals surface area contributed by atoms with Crippen LogP contribution in [-0.2, 0) is 33.4 Å². The minimum absolute atomic E-state index is 0.165. The van der Waals surface area contributed by atoms with E-state index in [-0.39, 0.29) is 19.8 Å². The lowest BCUT2D eigenvalue weighted by Crippen LogP contribution is -2.44. The number of ether oxygens (including phenoxy) is 3. The van der Waals surface area contributed by atoms with Gasteiger partial charge in [-0.05, 0) is 6.92 Å². The molecule has 120 valence electrons. The molecular formula is C13H21NO7. The van der Waals surface area contributed by atoms with Crippen molar-refractivity contribution in [3.8, 4) is 0 Å². The van der Waals surface area contributed by atoms with E-state index in [1.54, 1.807) is 6.92 Å². The maximum Gasteiger partial charge on any atom is 0.302 e. The molecule has 0 saturated carbocycles. The van der Waals surface area contributed by atoms with Gasteiger partial charge in [0.05, 0.1) is 5.71 Å². The lowest BCUT2D eigenvalue weighted by molar-refractivity contribution is -0.154. The molecule has 0 aromatic carbocycles. The number of hydrogen-bond acceptors (Lipinski definition) is 8. The van der Waals surface area contributed by atoms with E-state index >= 15 is 0 Å². The summed E-state index contributed by atoms with van der Waals surface area (Å²) < 4.78 is 14.9. The normalized spacial score (nSPS) is 11.6. The molecule has 0 spiro atoms. The number of hydrogen-bond donors (Lipinski definition) is 0. The zero-order valence-electron chi connectivity index (χ0n) is 12.9. The van der Waals surface area contributed by atoms with Gasteiger partial charge in [0, 0.05) is 20.8 Å². The van der Waals surface area contributed by atoms with Crippen LogP contribution >= 0.6 is 0 Å². The third-order valence-corrected chi connectivity index (χ3v) is 2.65. The molecule has 21 heavy (non-hydrogen) atoms. The molecule has 0 N–H and O–H groups in total. The lowest BCUT2D eigenvalue weighted by Gasteiger charge is -2.31. The first-order chi connectivity index (χ1) is 9.73. The molecule has 0 rings (SSSR count). The number of nitrogens with zero attached hydrogens (tertiary/aromatic N) is 1. The van der Waals surface area contributed by atoms with Gasteiger partial charge in [0.1, 0.15) is 32.3 Å². The fourth-order valence-electron chi connectivity index (χ4n) is 1.39. The van der Waals surface area contributed by atoms with Crippen LogP contribution in [-0.4, -0.2) is 50.6 Å². The van der Waals surface area contributed by atoms with E-state index < -0.39 is 23.3 Å². The zero-order chi connectivity index (χ0) is 16.5.